The molecule has 1 aromatic heterocycles. The first-order chi connectivity index (χ1) is 8.28. The van der Waals surface area contributed by atoms with Gasteiger partial charge in [0.25, 0.3) is 10.0 Å². The lowest BCUT2D eigenvalue weighted by Gasteiger charge is -2.18. The molecule has 0 aliphatic carbocycles. The minimum absolute atomic E-state index is 0.259. The number of sulfonamides is 1. The van der Waals surface area contributed by atoms with E-state index >= 15 is 0 Å². The molecule has 18 heavy (non-hydrogen) atoms. The van der Waals surface area contributed by atoms with Crippen LogP contribution in [0.4, 0.5) is 0 Å². The average molecular weight is 327 g/mol. The van der Waals surface area contributed by atoms with Crippen LogP contribution in [0.25, 0.3) is 0 Å². The molecular weight excluding hydrogens is 312 g/mol. The van der Waals surface area contributed by atoms with Crippen LogP contribution in [0.1, 0.15) is 18.9 Å². The molecule has 0 aliphatic heterocycles. The van der Waals surface area contributed by atoms with Crippen LogP contribution >= 0.6 is 35.2 Å². The Morgan fingerprint density at radius 3 is 2.61 bits per heavy atom. The van der Waals surface area contributed by atoms with E-state index < -0.39 is 10.0 Å². The van der Waals surface area contributed by atoms with Crippen molar-refractivity contribution in [1.82, 2.24) is 4.31 Å². The number of hydrogen-bond donors (Lipinski definition) is 1. The van der Waals surface area contributed by atoms with E-state index in [9.17, 15) is 8.42 Å². The molecule has 0 atom stereocenters. The van der Waals surface area contributed by atoms with Gasteiger partial charge in [0.1, 0.15) is 4.21 Å². The van der Waals surface area contributed by atoms with E-state index in [0.717, 1.165) is 16.9 Å². The molecule has 0 aromatic carbocycles. The Balaban J connectivity index is 2.99. The van der Waals surface area contributed by atoms with Crippen LogP contribution in [0.5, 0.6) is 0 Å². The Morgan fingerprint density at radius 2 is 2.22 bits per heavy atom. The maximum atomic E-state index is 12.3. The van der Waals surface area contributed by atoms with Gasteiger partial charge in [0.05, 0.1) is 9.32 Å². The summed E-state index contributed by atoms with van der Waals surface area (Å²) in [5.74, 6) is 0. The molecule has 1 heterocycles. The Morgan fingerprint density at radius 1 is 1.61 bits per heavy atom. The topological polar surface area (TPSA) is 63.4 Å². The molecule has 0 amide bonds. The molecule has 0 saturated heterocycles. The van der Waals surface area contributed by atoms with Gasteiger partial charge in [0.2, 0.25) is 0 Å². The SMILES string of the molecule is CCN(CCC(N)=S)S(=O)(=O)c1cc(C)c(Cl)s1. The highest BCUT2D eigenvalue weighted by molar-refractivity contribution is 7.91. The molecule has 0 radical (unpaired) electrons. The van der Waals surface area contributed by atoms with Gasteiger partial charge in [-0.2, -0.15) is 4.31 Å². The van der Waals surface area contributed by atoms with Crippen LogP contribution in [0.2, 0.25) is 4.34 Å². The van der Waals surface area contributed by atoms with E-state index in [2.05, 4.69) is 0 Å². The van der Waals surface area contributed by atoms with Gasteiger partial charge >= 0.3 is 0 Å². The number of rotatable bonds is 6. The minimum Gasteiger partial charge on any atom is -0.393 e. The van der Waals surface area contributed by atoms with E-state index in [4.69, 9.17) is 29.6 Å². The van der Waals surface area contributed by atoms with Crippen molar-refractivity contribution in [1.29, 1.82) is 0 Å². The lowest BCUT2D eigenvalue weighted by atomic mass is 10.4. The fourth-order valence-corrected chi connectivity index (χ4v) is 4.77. The van der Waals surface area contributed by atoms with E-state index in [0.29, 0.717) is 28.8 Å². The second kappa shape index (κ2) is 6.29. The second-order valence-electron chi connectivity index (χ2n) is 3.74. The third-order valence-electron chi connectivity index (χ3n) is 2.39. The summed E-state index contributed by atoms with van der Waals surface area (Å²) >= 11 is 11.7. The zero-order valence-electron chi connectivity index (χ0n) is 10.1. The lowest BCUT2D eigenvalue weighted by molar-refractivity contribution is 0.438. The van der Waals surface area contributed by atoms with E-state index in [-0.39, 0.29) is 4.21 Å². The standard InChI is InChI=1S/C10H15ClN2O2S3/c1-3-13(5-4-8(12)16)18(14,15)9-6-7(2)10(11)17-9/h6H,3-5H2,1-2H3,(H2,12,16). The zero-order chi connectivity index (χ0) is 13.9. The molecular formula is C10H15ClN2O2S3. The van der Waals surface area contributed by atoms with E-state index in [1.54, 1.807) is 19.9 Å². The minimum atomic E-state index is -3.50. The van der Waals surface area contributed by atoms with Crippen molar-refractivity contribution in [2.45, 2.75) is 24.5 Å². The Labute approximate surface area is 122 Å². The smallest absolute Gasteiger partial charge is 0.252 e. The third-order valence-corrected chi connectivity index (χ3v) is 6.57. The first-order valence-electron chi connectivity index (χ1n) is 5.33. The molecule has 1 aromatic rings. The molecule has 0 spiro atoms. The summed E-state index contributed by atoms with van der Waals surface area (Å²) in [4.78, 5) is 0.309. The van der Waals surface area contributed by atoms with Crippen molar-refractivity contribution in [2.24, 2.45) is 5.73 Å². The number of hydrogen-bond acceptors (Lipinski definition) is 4. The predicted molar refractivity (Wildman–Crippen MR) is 79.9 cm³/mol. The van der Waals surface area contributed by atoms with Gasteiger partial charge in [-0.3, -0.25) is 0 Å². The Hall–Kier alpha value is -0.210. The van der Waals surface area contributed by atoms with E-state index in [1.807, 2.05) is 0 Å². The molecule has 0 bridgehead atoms. The summed E-state index contributed by atoms with van der Waals surface area (Å²) in [6.45, 7) is 4.23. The monoisotopic (exact) mass is 326 g/mol. The molecule has 2 N–H and O–H groups in total. The summed E-state index contributed by atoms with van der Waals surface area (Å²) in [6.07, 6.45) is 0.375. The van der Waals surface area contributed by atoms with Crippen molar-refractivity contribution in [3.8, 4) is 0 Å². The summed E-state index contributed by atoms with van der Waals surface area (Å²) in [5, 5.41) is 0. The fourth-order valence-electron chi connectivity index (χ4n) is 1.37. The highest BCUT2D eigenvalue weighted by atomic mass is 35.5. The largest absolute Gasteiger partial charge is 0.393 e. The number of nitrogens with zero attached hydrogens (tertiary/aromatic N) is 1. The number of aryl methyl sites for hydroxylation is 1. The molecule has 102 valence electrons. The van der Waals surface area contributed by atoms with Gasteiger partial charge in [0.15, 0.2) is 0 Å². The average Bonchev–Trinajstić information content (AvgIpc) is 2.60. The highest BCUT2D eigenvalue weighted by Gasteiger charge is 2.25. The third kappa shape index (κ3) is 3.64. The van der Waals surface area contributed by atoms with Gasteiger partial charge < -0.3 is 5.73 Å². The maximum absolute atomic E-state index is 12.3. The second-order valence-corrected chi connectivity index (χ2v) is 8.08. The zero-order valence-corrected chi connectivity index (χ0v) is 13.3. The van der Waals surface area contributed by atoms with Gasteiger partial charge in [0, 0.05) is 19.5 Å². The summed E-state index contributed by atoms with van der Waals surface area (Å²) in [6, 6.07) is 1.59. The summed E-state index contributed by atoms with van der Waals surface area (Å²) in [5.41, 5.74) is 6.17. The number of halogens is 1. The van der Waals surface area contributed by atoms with Crippen molar-refractivity contribution in [3.63, 3.8) is 0 Å². The van der Waals surface area contributed by atoms with Gasteiger partial charge in [-0.05, 0) is 18.6 Å². The number of thiocarbonyl (C=S) groups is 1. The number of thiophene rings is 1. The quantitative estimate of drug-likeness (QED) is 0.815. The first-order valence-corrected chi connectivity index (χ1v) is 8.37. The predicted octanol–water partition coefficient (Wildman–Crippen LogP) is 2.40. The molecule has 4 nitrogen and oxygen atoms in total. The van der Waals surface area contributed by atoms with Crippen LogP contribution in [0.15, 0.2) is 10.3 Å². The van der Waals surface area contributed by atoms with Gasteiger partial charge in [-0.15, -0.1) is 11.3 Å². The number of nitrogens with two attached hydrogens (primary N) is 1. The van der Waals surface area contributed by atoms with Crippen molar-refractivity contribution in [2.75, 3.05) is 13.1 Å². The summed E-state index contributed by atoms with van der Waals surface area (Å²) in [7, 11) is -3.50. The van der Waals surface area contributed by atoms with Crippen molar-refractivity contribution < 1.29 is 8.42 Å². The van der Waals surface area contributed by atoms with Crippen molar-refractivity contribution >= 4 is 50.2 Å². The van der Waals surface area contributed by atoms with Crippen LogP contribution in [0, 0.1) is 6.92 Å². The molecule has 0 fully saturated rings. The Kier molecular flexibility index (Phi) is 5.54. The van der Waals surface area contributed by atoms with E-state index in [1.165, 1.54) is 4.31 Å². The molecule has 0 saturated carbocycles. The van der Waals surface area contributed by atoms with Crippen LogP contribution in [0.3, 0.4) is 0 Å². The van der Waals surface area contributed by atoms with Gasteiger partial charge in [-0.1, -0.05) is 30.7 Å². The maximum Gasteiger partial charge on any atom is 0.252 e. The van der Waals surface area contributed by atoms with Crippen LogP contribution in [-0.4, -0.2) is 30.8 Å². The normalized spacial score (nSPS) is 12.0. The van der Waals surface area contributed by atoms with Crippen LogP contribution in [-0.2, 0) is 10.0 Å². The molecule has 1 rings (SSSR count). The first kappa shape index (κ1) is 15.8. The fraction of sp³-hybridized carbons (Fsp3) is 0.500. The van der Waals surface area contributed by atoms with Crippen LogP contribution < -0.4 is 5.73 Å². The summed E-state index contributed by atoms with van der Waals surface area (Å²) < 4.78 is 26.8. The van der Waals surface area contributed by atoms with Gasteiger partial charge in [-0.25, -0.2) is 8.42 Å². The van der Waals surface area contributed by atoms with Crippen molar-refractivity contribution in [3.05, 3.63) is 16.0 Å². The molecule has 0 unspecified atom stereocenters. The molecule has 8 heteroatoms. The lowest BCUT2D eigenvalue weighted by Crippen LogP contribution is -2.33. The molecule has 0 aliphatic rings. The highest BCUT2D eigenvalue weighted by Crippen LogP contribution is 2.31. The Bertz CT molecular complexity index is 520.